The first-order chi connectivity index (χ1) is 11.0. The molecule has 1 saturated carbocycles. The fourth-order valence-electron chi connectivity index (χ4n) is 3.65. The molecule has 0 atom stereocenters. The van der Waals surface area contributed by atoms with E-state index in [4.69, 9.17) is 5.73 Å². The van der Waals surface area contributed by atoms with Crippen molar-refractivity contribution in [1.29, 1.82) is 0 Å². The molecule has 0 amide bonds. The molecule has 0 saturated heterocycles. The molecule has 1 aliphatic rings. The molecule has 130 valence electrons. The smallest absolute Gasteiger partial charge is 0.0342 e. The number of unbranched alkanes of at least 4 members (excludes halogenated alkanes) is 2. The van der Waals surface area contributed by atoms with Crippen LogP contribution in [0.15, 0.2) is 24.3 Å². The van der Waals surface area contributed by atoms with E-state index in [9.17, 15) is 0 Å². The van der Waals surface area contributed by atoms with Crippen LogP contribution in [0.2, 0.25) is 0 Å². The van der Waals surface area contributed by atoms with Crippen molar-refractivity contribution in [1.82, 2.24) is 0 Å². The van der Waals surface area contributed by atoms with Crippen molar-refractivity contribution in [2.24, 2.45) is 11.7 Å². The Labute approximate surface area is 143 Å². The standard InChI is InChI=1S/C21H36N2/c1-21(2,3)18-10-14-20(15-11-18)23-19-12-8-17(9-13-19)7-5-4-6-16-22/h10-11,14-15,17,19,23H,4-9,12-13,16,22H2,1-3H3. The molecule has 0 aromatic heterocycles. The first kappa shape index (κ1) is 18.3. The summed E-state index contributed by atoms with van der Waals surface area (Å²) in [6.07, 6.45) is 10.7. The fraction of sp³-hybridized carbons (Fsp3) is 0.714. The second-order valence-corrected chi connectivity index (χ2v) is 8.33. The highest BCUT2D eigenvalue weighted by molar-refractivity contribution is 5.46. The van der Waals surface area contributed by atoms with Crippen molar-refractivity contribution < 1.29 is 0 Å². The predicted molar refractivity (Wildman–Crippen MR) is 102 cm³/mol. The van der Waals surface area contributed by atoms with Crippen LogP contribution in [0.5, 0.6) is 0 Å². The van der Waals surface area contributed by atoms with Crippen molar-refractivity contribution in [3.8, 4) is 0 Å². The molecular weight excluding hydrogens is 280 g/mol. The molecule has 3 N–H and O–H groups in total. The van der Waals surface area contributed by atoms with Crippen LogP contribution >= 0.6 is 0 Å². The van der Waals surface area contributed by atoms with Crippen molar-refractivity contribution in [3.05, 3.63) is 29.8 Å². The van der Waals surface area contributed by atoms with Gasteiger partial charge >= 0.3 is 0 Å². The summed E-state index contributed by atoms with van der Waals surface area (Å²) >= 11 is 0. The summed E-state index contributed by atoms with van der Waals surface area (Å²) < 4.78 is 0. The zero-order valence-electron chi connectivity index (χ0n) is 15.4. The number of nitrogens with one attached hydrogen (secondary N) is 1. The molecule has 1 fully saturated rings. The van der Waals surface area contributed by atoms with E-state index in [1.807, 2.05) is 0 Å². The second-order valence-electron chi connectivity index (χ2n) is 8.33. The lowest BCUT2D eigenvalue weighted by atomic mass is 9.83. The van der Waals surface area contributed by atoms with E-state index in [0.717, 1.165) is 12.5 Å². The van der Waals surface area contributed by atoms with Crippen LogP contribution < -0.4 is 11.1 Å². The van der Waals surface area contributed by atoms with Crippen LogP contribution in [-0.2, 0) is 5.41 Å². The van der Waals surface area contributed by atoms with E-state index in [2.05, 4.69) is 50.4 Å². The molecule has 0 unspecified atom stereocenters. The second kappa shape index (κ2) is 8.73. The molecule has 0 heterocycles. The molecule has 1 aromatic carbocycles. The van der Waals surface area contributed by atoms with Gasteiger partial charge in [0.2, 0.25) is 0 Å². The summed E-state index contributed by atoms with van der Waals surface area (Å²) in [7, 11) is 0. The molecule has 1 aromatic rings. The number of rotatable bonds is 7. The largest absolute Gasteiger partial charge is 0.382 e. The molecule has 0 aliphatic heterocycles. The van der Waals surface area contributed by atoms with E-state index < -0.39 is 0 Å². The van der Waals surface area contributed by atoms with Gasteiger partial charge in [-0.25, -0.2) is 0 Å². The van der Waals surface area contributed by atoms with Gasteiger partial charge in [0.25, 0.3) is 0 Å². The number of anilines is 1. The Kier molecular flexibility index (Phi) is 6.95. The van der Waals surface area contributed by atoms with Gasteiger partial charge in [0.1, 0.15) is 0 Å². The SMILES string of the molecule is CC(C)(C)c1ccc(NC2CCC(CCCCCN)CC2)cc1. The lowest BCUT2D eigenvalue weighted by molar-refractivity contribution is 0.312. The molecule has 2 heteroatoms. The van der Waals surface area contributed by atoms with E-state index in [-0.39, 0.29) is 5.41 Å². The van der Waals surface area contributed by atoms with Crippen LogP contribution in [0.4, 0.5) is 5.69 Å². The number of hydrogen-bond donors (Lipinski definition) is 2. The average molecular weight is 317 g/mol. The van der Waals surface area contributed by atoms with Crippen LogP contribution in [0.1, 0.15) is 77.7 Å². The monoisotopic (exact) mass is 316 g/mol. The predicted octanol–water partition coefficient (Wildman–Crippen LogP) is 5.47. The van der Waals surface area contributed by atoms with Gasteiger partial charge in [0.05, 0.1) is 0 Å². The minimum absolute atomic E-state index is 0.237. The zero-order valence-corrected chi connectivity index (χ0v) is 15.4. The Bertz CT molecular complexity index is 436. The van der Waals surface area contributed by atoms with Crippen LogP contribution in [-0.4, -0.2) is 12.6 Å². The van der Waals surface area contributed by atoms with Crippen molar-refractivity contribution in [2.45, 2.75) is 83.6 Å². The van der Waals surface area contributed by atoms with Gasteiger partial charge < -0.3 is 11.1 Å². The maximum Gasteiger partial charge on any atom is 0.0342 e. The molecule has 1 aliphatic carbocycles. The third-order valence-electron chi connectivity index (χ3n) is 5.28. The Morgan fingerprint density at radius 3 is 2.17 bits per heavy atom. The third-order valence-corrected chi connectivity index (χ3v) is 5.28. The van der Waals surface area contributed by atoms with Crippen LogP contribution in [0.25, 0.3) is 0 Å². The normalized spacial score (nSPS) is 22.1. The van der Waals surface area contributed by atoms with E-state index in [0.29, 0.717) is 6.04 Å². The highest BCUT2D eigenvalue weighted by Gasteiger charge is 2.21. The number of benzene rings is 1. The van der Waals surface area contributed by atoms with E-state index in [1.54, 1.807) is 0 Å². The first-order valence-corrected chi connectivity index (χ1v) is 9.56. The molecule has 0 radical (unpaired) electrons. The van der Waals surface area contributed by atoms with Crippen molar-refractivity contribution >= 4 is 5.69 Å². The van der Waals surface area contributed by atoms with Gasteiger partial charge in [-0.1, -0.05) is 52.2 Å². The topological polar surface area (TPSA) is 38.0 Å². The lowest BCUT2D eigenvalue weighted by Gasteiger charge is -2.30. The van der Waals surface area contributed by atoms with Gasteiger partial charge in [-0.05, 0) is 67.7 Å². The highest BCUT2D eigenvalue weighted by atomic mass is 14.9. The Balaban J connectivity index is 1.72. The van der Waals surface area contributed by atoms with Crippen LogP contribution in [0, 0.1) is 5.92 Å². The summed E-state index contributed by atoms with van der Waals surface area (Å²) in [5, 5.41) is 3.74. The molecule has 2 rings (SSSR count). The fourth-order valence-corrected chi connectivity index (χ4v) is 3.65. The summed E-state index contributed by atoms with van der Waals surface area (Å²) in [5.41, 5.74) is 8.49. The average Bonchev–Trinajstić information content (AvgIpc) is 2.53. The van der Waals surface area contributed by atoms with Gasteiger partial charge in [-0.15, -0.1) is 0 Å². The zero-order chi connectivity index (χ0) is 16.7. The summed E-state index contributed by atoms with van der Waals surface area (Å²) in [6, 6.07) is 9.70. The summed E-state index contributed by atoms with van der Waals surface area (Å²) in [6.45, 7) is 7.66. The van der Waals surface area contributed by atoms with E-state index >= 15 is 0 Å². The molecular formula is C21H36N2. The molecule has 23 heavy (non-hydrogen) atoms. The Morgan fingerprint density at radius 2 is 1.61 bits per heavy atom. The molecule has 0 bridgehead atoms. The third kappa shape index (κ3) is 6.18. The number of nitrogens with two attached hydrogens (primary N) is 1. The van der Waals surface area contributed by atoms with E-state index in [1.165, 1.54) is 62.6 Å². The maximum atomic E-state index is 5.56. The van der Waals surface area contributed by atoms with Crippen molar-refractivity contribution in [2.75, 3.05) is 11.9 Å². The Morgan fingerprint density at radius 1 is 0.957 bits per heavy atom. The Hall–Kier alpha value is -1.02. The van der Waals surface area contributed by atoms with Gasteiger partial charge in [-0.2, -0.15) is 0 Å². The van der Waals surface area contributed by atoms with Crippen LogP contribution in [0.3, 0.4) is 0 Å². The minimum Gasteiger partial charge on any atom is -0.382 e. The number of hydrogen-bond acceptors (Lipinski definition) is 2. The maximum absolute atomic E-state index is 5.56. The lowest BCUT2D eigenvalue weighted by Crippen LogP contribution is -2.26. The first-order valence-electron chi connectivity index (χ1n) is 9.56. The summed E-state index contributed by atoms with van der Waals surface area (Å²) in [5.74, 6) is 0.953. The van der Waals surface area contributed by atoms with Gasteiger partial charge in [0, 0.05) is 11.7 Å². The van der Waals surface area contributed by atoms with Gasteiger partial charge in [0.15, 0.2) is 0 Å². The highest BCUT2D eigenvalue weighted by Crippen LogP contribution is 2.30. The summed E-state index contributed by atoms with van der Waals surface area (Å²) in [4.78, 5) is 0. The molecule has 2 nitrogen and oxygen atoms in total. The quantitative estimate of drug-likeness (QED) is 0.654. The molecule has 0 spiro atoms. The van der Waals surface area contributed by atoms with Crippen molar-refractivity contribution in [3.63, 3.8) is 0 Å². The minimum atomic E-state index is 0.237. The van der Waals surface area contributed by atoms with Gasteiger partial charge in [-0.3, -0.25) is 0 Å².